The predicted octanol–water partition coefficient (Wildman–Crippen LogP) is 13.4. The van der Waals surface area contributed by atoms with Gasteiger partial charge in [-0.1, -0.05) is 113 Å². The Kier molecular flexibility index (Phi) is 7.27. The molecule has 0 unspecified atom stereocenters. The molecule has 0 aliphatic carbocycles. The third kappa shape index (κ3) is 5.14. The maximum Gasteiger partial charge on any atom is 0.0720 e. The highest BCUT2D eigenvalue weighted by Gasteiger charge is 2.27. The van der Waals surface area contributed by atoms with Crippen molar-refractivity contribution in [2.24, 2.45) is 0 Å². The largest absolute Gasteiger partial charge is 0.309 e. The van der Waals surface area contributed by atoms with E-state index in [1.807, 2.05) is 11.3 Å². The molecule has 0 saturated carbocycles. The standard InChI is InChI=1S/C44H36N2S/c1-29-13-21-33(22-14-29)45(34-23-15-30(2)16-24-34)42-37-9-5-6-10-38(37)43(44-41(42)39-11-7-8-12-40(39)47-44)46(35-25-17-31(3)18-26-35)36-27-19-32(4)20-28-36/h5-28H,1-4H3. The number of rotatable bonds is 6. The van der Waals surface area contributed by atoms with Gasteiger partial charge >= 0.3 is 0 Å². The number of aryl methyl sites for hydroxylation is 4. The molecule has 0 radical (unpaired) electrons. The molecule has 1 heterocycles. The number of hydrogen-bond acceptors (Lipinski definition) is 3. The molecule has 0 bridgehead atoms. The fourth-order valence-electron chi connectivity index (χ4n) is 6.64. The zero-order valence-electron chi connectivity index (χ0n) is 27.2. The van der Waals surface area contributed by atoms with Crippen LogP contribution in [0.3, 0.4) is 0 Å². The molecule has 0 aliphatic rings. The van der Waals surface area contributed by atoms with Crippen LogP contribution in [0, 0.1) is 27.7 Å². The molecule has 1 aromatic heterocycles. The Morgan fingerprint density at radius 1 is 0.362 bits per heavy atom. The van der Waals surface area contributed by atoms with Crippen molar-refractivity contribution in [2.75, 3.05) is 9.80 Å². The molecule has 8 aromatic rings. The Hall–Kier alpha value is -5.38. The monoisotopic (exact) mass is 624 g/mol. The van der Waals surface area contributed by atoms with Gasteiger partial charge in [0.05, 0.1) is 16.1 Å². The zero-order valence-corrected chi connectivity index (χ0v) is 28.0. The molecule has 0 spiro atoms. The molecule has 0 fully saturated rings. The lowest BCUT2D eigenvalue weighted by Crippen LogP contribution is -2.14. The lowest BCUT2D eigenvalue weighted by molar-refractivity contribution is 1.28. The highest BCUT2D eigenvalue weighted by molar-refractivity contribution is 7.26. The average Bonchev–Trinajstić information content (AvgIpc) is 3.48. The topological polar surface area (TPSA) is 6.48 Å². The van der Waals surface area contributed by atoms with Crippen LogP contribution in [0.25, 0.3) is 30.9 Å². The number of nitrogens with zero attached hydrogens (tertiary/aromatic N) is 2. The molecule has 0 saturated heterocycles. The highest BCUT2D eigenvalue weighted by Crippen LogP contribution is 2.55. The minimum Gasteiger partial charge on any atom is -0.309 e. The summed E-state index contributed by atoms with van der Waals surface area (Å²) < 4.78 is 2.55. The van der Waals surface area contributed by atoms with E-state index in [1.165, 1.54) is 64.6 Å². The van der Waals surface area contributed by atoms with Gasteiger partial charge in [-0.15, -0.1) is 11.3 Å². The van der Waals surface area contributed by atoms with Crippen LogP contribution in [0.4, 0.5) is 34.1 Å². The number of hydrogen-bond donors (Lipinski definition) is 0. The van der Waals surface area contributed by atoms with Crippen LogP contribution in [-0.2, 0) is 0 Å². The van der Waals surface area contributed by atoms with Crippen LogP contribution in [0.5, 0.6) is 0 Å². The van der Waals surface area contributed by atoms with Gasteiger partial charge in [0.1, 0.15) is 0 Å². The first-order valence-electron chi connectivity index (χ1n) is 16.2. The van der Waals surface area contributed by atoms with Crippen molar-refractivity contribution in [1.29, 1.82) is 0 Å². The van der Waals surface area contributed by atoms with Gasteiger partial charge in [-0.25, -0.2) is 0 Å². The second kappa shape index (κ2) is 11.8. The Labute approximate surface area is 280 Å². The minimum atomic E-state index is 1.14. The Morgan fingerprint density at radius 2 is 0.702 bits per heavy atom. The zero-order chi connectivity index (χ0) is 32.1. The van der Waals surface area contributed by atoms with E-state index >= 15 is 0 Å². The molecule has 3 heteroatoms. The van der Waals surface area contributed by atoms with Gasteiger partial charge in [0.2, 0.25) is 0 Å². The van der Waals surface area contributed by atoms with Crippen molar-refractivity contribution >= 4 is 76.4 Å². The van der Waals surface area contributed by atoms with Gasteiger partial charge in [0, 0.05) is 49.0 Å². The fraction of sp³-hybridized carbons (Fsp3) is 0.0909. The molecular formula is C44H36N2S. The predicted molar refractivity (Wildman–Crippen MR) is 205 cm³/mol. The van der Waals surface area contributed by atoms with Crippen molar-refractivity contribution in [3.05, 3.63) is 168 Å². The van der Waals surface area contributed by atoms with Gasteiger partial charge in [-0.3, -0.25) is 0 Å². The average molecular weight is 625 g/mol. The maximum absolute atomic E-state index is 2.47. The molecule has 7 aromatic carbocycles. The van der Waals surface area contributed by atoms with Gasteiger partial charge in [0.25, 0.3) is 0 Å². The maximum atomic E-state index is 2.47. The summed E-state index contributed by atoms with van der Waals surface area (Å²) in [5.41, 5.74) is 12.0. The minimum absolute atomic E-state index is 1.14. The normalized spacial score (nSPS) is 11.4. The van der Waals surface area contributed by atoms with Crippen LogP contribution in [0.2, 0.25) is 0 Å². The van der Waals surface area contributed by atoms with Crippen molar-refractivity contribution in [2.45, 2.75) is 27.7 Å². The summed E-state index contributed by atoms with van der Waals surface area (Å²) in [6.07, 6.45) is 0. The second-order valence-corrected chi connectivity index (χ2v) is 13.6. The third-order valence-corrected chi connectivity index (χ3v) is 10.3. The quantitative estimate of drug-likeness (QED) is 0.170. The molecular weight excluding hydrogens is 589 g/mol. The second-order valence-electron chi connectivity index (χ2n) is 12.6. The number of anilines is 6. The van der Waals surface area contributed by atoms with E-state index in [9.17, 15) is 0 Å². The Morgan fingerprint density at radius 3 is 1.13 bits per heavy atom. The van der Waals surface area contributed by atoms with Gasteiger partial charge in [0.15, 0.2) is 0 Å². The first kappa shape index (κ1) is 29.1. The first-order valence-corrected chi connectivity index (χ1v) is 17.0. The van der Waals surface area contributed by atoms with E-state index in [1.54, 1.807) is 0 Å². The van der Waals surface area contributed by atoms with Gasteiger partial charge < -0.3 is 9.80 Å². The van der Waals surface area contributed by atoms with Crippen molar-refractivity contribution in [3.63, 3.8) is 0 Å². The van der Waals surface area contributed by atoms with Crippen LogP contribution < -0.4 is 9.80 Å². The van der Waals surface area contributed by atoms with E-state index in [2.05, 4.69) is 183 Å². The van der Waals surface area contributed by atoms with E-state index in [0.717, 1.165) is 22.7 Å². The molecule has 0 aliphatic heterocycles. The van der Waals surface area contributed by atoms with E-state index in [0.29, 0.717) is 0 Å². The number of fused-ring (bicyclic) bond motifs is 4. The molecule has 47 heavy (non-hydrogen) atoms. The van der Waals surface area contributed by atoms with Crippen molar-refractivity contribution in [1.82, 2.24) is 0 Å². The number of thiophene rings is 1. The molecule has 0 atom stereocenters. The molecule has 2 nitrogen and oxygen atoms in total. The Bertz CT molecular complexity index is 2280. The first-order chi connectivity index (χ1) is 23.0. The molecule has 0 amide bonds. The summed E-state index contributed by atoms with van der Waals surface area (Å²) >= 11 is 1.89. The lowest BCUT2D eigenvalue weighted by atomic mass is 9.97. The molecule has 0 N–H and O–H groups in total. The van der Waals surface area contributed by atoms with Crippen molar-refractivity contribution in [3.8, 4) is 0 Å². The van der Waals surface area contributed by atoms with Crippen molar-refractivity contribution < 1.29 is 0 Å². The number of benzene rings is 7. The summed E-state index contributed by atoms with van der Waals surface area (Å²) in [6, 6.07) is 53.6. The SMILES string of the molecule is Cc1ccc(N(c2ccc(C)cc2)c2c3ccccc3c(N(c3ccc(C)cc3)c3ccc(C)cc3)c3c2sc2ccccc23)cc1. The summed E-state index contributed by atoms with van der Waals surface area (Å²) in [6.45, 7) is 8.61. The summed E-state index contributed by atoms with van der Waals surface area (Å²) in [7, 11) is 0. The Balaban J connectivity index is 1.55. The van der Waals surface area contributed by atoms with Crippen LogP contribution >= 0.6 is 11.3 Å². The van der Waals surface area contributed by atoms with Crippen LogP contribution in [-0.4, -0.2) is 0 Å². The van der Waals surface area contributed by atoms with E-state index < -0.39 is 0 Å². The van der Waals surface area contributed by atoms with Gasteiger partial charge in [-0.2, -0.15) is 0 Å². The van der Waals surface area contributed by atoms with E-state index in [4.69, 9.17) is 0 Å². The highest BCUT2D eigenvalue weighted by atomic mass is 32.1. The van der Waals surface area contributed by atoms with Crippen LogP contribution in [0.15, 0.2) is 146 Å². The fourth-order valence-corrected chi connectivity index (χ4v) is 7.90. The lowest BCUT2D eigenvalue weighted by Gasteiger charge is -2.32. The summed E-state index contributed by atoms with van der Waals surface area (Å²) in [4.78, 5) is 4.93. The summed E-state index contributed by atoms with van der Waals surface area (Å²) in [5.74, 6) is 0. The molecule has 228 valence electrons. The summed E-state index contributed by atoms with van der Waals surface area (Å²) in [5, 5.41) is 4.96. The van der Waals surface area contributed by atoms with Gasteiger partial charge in [-0.05, 0) is 82.3 Å². The van der Waals surface area contributed by atoms with E-state index in [-0.39, 0.29) is 0 Å². The molecule has 8 rings (SSSR count). The third-order valence-electron chi connectivity index (χ3n) is 9.10. The van der Waals surface area contributed by atoms with Crippen LogP contribution in [0.1, 0.15) is 22.3 Å². The smallest absolute Gasteiger partial charge is 0.0720 e.